The number of nitrogens with zero attached hydrogens (tertiary/aromatic N) is 5. The number of methoxy groups -OCH3 is 1. The van der Waals surface area contributed by atoms with Gasteiger partial charge >= 0.3 is 0 Å². The topological polar surface area (TPSA) is 101 Å². The van der Waals surface area contributed by atoms with E-state index in [0.29, 0.717) is 40.4 Å². The molecule has 3 N–H and O–H groups in total. The Labute approximate surface area is 221 Å². The number of rotatable bonds is 8. The highest BCUT2D eigenvalue weighted by molar-refractivity contribution is 6.69. The van der Waals surface area contributed by atoms with Crippen molar-refractivity contribution in [3.63, 3.8) is 0 Å². The largest absolute Gasteiger partial charge is 0.403 e. The van der Waals surface area contributed by atoms with Crippen molar-refractivity contribution in [2.45, 2.75) is 31.4 Å². The highest BCUT2D eigenvalue weighted by Gasteiger charge is 2.40. The quantitative estimate of drug-likeness (QED) is 0.497. The Morgan fingerprint density at radius 3 is 2.69 bits per heavy atom. The second-order valence-corrected chi connectivity index (χ2v) is 10.8. The van der Waals surface area contributed by atoms with Crippen LogP contribution in [0.1, 0.15) is 19.8 Å². The number of ether oxygens (including phenoxy) is 2. The molecular weight excluding hydrogens is 501 g/mol. The molecule has 1 saturated carbocycles. The van der Waals surface area contributed by atoms with Crippen molar-refractivity contribution in [2.75, 3.05) is 63.3 Å². The van der Waals surface area contributed by atoms with Crippen LogP contribution in [0.2, 0.25) is 5.02 Å². The molecule has 5 rings (SSSR count). The van der Waals surface area contributed by atoms with Crippen molar-refractivity contribution in [1.82, 2.24) is 14.9 Å². The number of anilines is 2. The van der Waals surface area contributed by atoms with E-state index in [1.165, 1.54) is 6.20 Å². The van der Waals surface area contributed by atoms with Gasteiger partial charge in [0.15, 0.2) is 0 Å². The molecule has 1 aliphatic carbocycles. The van der Waals surface area contributed by atoms with E-state index in [1.54, 1.807) is 13.3 Å². The van der Waals surface area contributed by atoms with Gasteiger partial charge < -0.3 is 25.4 Å². The minimum atomic E-state index is 0.163. The summed E-state index contributed by atoms with van der Waals surface area (Å²) in [5.41, 5.74) is 8.23. The first-order valence-electron chi connectivity index (χ1n) is 12.3. The van der Waals surface area contributed by atoms with E-state index in [2.05, 4.69) is 32.0 Å². The predicted molar refractivity (Wildman–Crippen MR) is 145 cm³/mol. The first-order valence-corrected chi connectivity index (χ1v) is 13.1. The van der Waals surface area contributed by atoms with Crippen LogP contribution in [-0.2, 0) is 9.47 Å². The number of fused-ring (bicyclic) bond motifs is 1. The van der Waals surface area contributed by atoms with Crippen LogP contribution in [0.5, 0.6) is 0 Å². The van der Waals surface area contributed by atoms with Crippen molar-refractivity contribution in [2.24, 2.45) is 16.6 Å². The molecule has 1 aromatic carbocycles. The van der Waals surface area contributed by atoms with E-state index in [4.69, 9.17) is 43.4 Å². The fourth-order valence-electron chi connectivity index (χ4n) is 5.00. The van der Waals surface area contributed by atoms with Crippen molar-refractivity contribution in [3.8, 4) is 0 Å². The summed E-state index contributed by atoms with van der Waals surface area (Å²) in [6.45, 7) is 8.26. The van der Waals surface area contributed by atoms with E-state index in [9.17, 15) is 0 Å². The molecule has 194 valence electrons. The molecule has 0 unspecified atom stereocenters. The van der Waals surface area contributed by atoms with Gasteiger partial charge in [-0.25, -0.2) is 9.97 Å². The van der Waals surface area contributed by atoms with Crippen molar-refractivity contribution >= 4 is 50.9 Å². The van der Waals surface area contributed by atoms with E-state index in [1.807, 2.05) is 12.1 Å². The number of piperazine rings is 1. The lowest BCUT2D eigenvalue weighted by Crippen LogP contribution is -2.64. The monoisotopic (exact) mass is 533 g/mol. The van der Waals surface area contributed by atoms with Gasteiger partial charge in [-0.05, 0) is 37.8 Å². The Balaban J connectivity index is 1.26. The first kappa shape index (κ1) is 25.5. The summed E-state index contributed by atoms with van der Waals surface area (Å²) in [6, 6.07) is 3.95. The van der Waals surface area contributed by atoms with Gasteiger partial charge in [-0.15, -0.1) is 0 Å². The molecule has 2 saturated heterocycles. The van der Waals surface area contributed by atoms with Gasteiger partial charge in [-0.2, -0.15) is 0 Å². The van der Waals surface area contributed by atoms with E-state index < -0.39 is 0 Å². The molecule has 0 bridgehead atoms. The summed E-state index contributed by atoms with van der Waals surface area (Å²) in [5, 5.41) is 4.98. The lowest BCUT2D eigenvalue weighted by molar-refractivity contribution is -0.131. The summed E-state index contributed by atoms with van der Waals surface area (Å²) in [6.07, 6.45) is 5.47. The highest BCUT2D eigenvalue weighted by Crippen LogP contribution is 2.33. The maximum atomic E-state index is 6.67. The van der Waals surface area contributed by atoms with Crippen LogP contribution in [0.4, 0.5) is 11.6 Å². The van der Waals surface area contributed by atoms with Gasteiger partial charge in [0.2, 0.25) is 5.95 Å². The smallest absolute Gasteiger partial charge is 0.227 e. The van der Waals surface area contributed by atoms with Gasteiger partial charge in [0.25, 0.3) is 0 Å². The molecule has 0 amide bonds. The third kappa shape index (κ3) is 5.26. The fraction of sp³-hybridized carbons (Fsp3) is 0.560. The lowest BCUT2D eigenvalue weighted by atomic mass is 9.82. The van der Waals surface area contributed by atoms with Crippen molar-refractivity contribution in [1.29, 1.82) is 0 Å². The maximum absolute atomic E-state index is 6.67. The first-order chi connectivity index (χ1) is 17.4. The fourth-order valence-corrected chi connectivity index (χ4v) is 5.47. The molecule has 36 heavy (non-hydrogen) atoms. The molecule has 0 radical (unpaired) electrons. The zero-order chi connectivity index (χ0) is 25.3. The van der Waals surface area contributed by atoms with Gasteiger partial charge in [0.05, 0.1) is 46.8 Å². The number of allylic oxidation sites excluding steroid dienone is 1. The van der Waals surface area contributed by atoms with E-state index in [0.717, 1.165) is 68.8 Å². The second-order valence-electron chi connectivity index (χ2n) is 10.1. The van der Waals surface area contributed by atoms with Gasteiger partial charge in [0, 0.05) is 57.6 Å². The molecule has 11 heteroatoms. The van der Waals surface area contributed by atoms with Crippen LogP contribution in [0.15, 0.2) is 35.2 Å². The number of halogens is 2. The number of aliphatic imine (C=N–C) groups is 1. The van der Waals surface area contributed by atoms with Crippen LogP contribution >= 0.6 is 23.2 Å². The number of hydrogen-bond donors (Lipinski definition) is 2. The average molecular weight is 534 g/mol. The van der Waals surface area contributed by atoms with Crippen LogP contribution < -0.4 is 16.0 Å². The Morgan fingerprint density at radius 2 is 2.06 bits per heavy atom. The maximum Gasteiger partial charge on any atom is 0.227 e. The van der Waals surface area contributed by atoms with Gasteiger partial charge in [-0.1, -0.05) is 23.2 Å². The molecule has 1 aromatic heterocycles. The van der Waals surface area contributed by atoms with Crippen LogP contribution in [0.3, 0.4) is 0 Å². The molecule has 9 nitrogen and oxygen atoms in total. The SMILES string of the molecule is COC1CC(CN=C(Cl)/C(=C\N)Nc2ncc3cc(Cl)c(N4CCN(C5(C)COC5)CC4)cc3n2)C1. The normalized spacial score (nSPS) is 24.9. The van der Waals surface area contributed by atoms with Crippen LogP contribution in [0.25, 0.3) is 10.9 Å². The third-order valence-electron chi connectivity index (χ3n) is 7.51. The molecule has 0 atom stereocenters. The summed E-state index contributed by atoms with van der Waals surface area (Å²) in [5.74, 6) is 0.876. The molecule has 3 heterocycles. The summed E-state index contributed by atoms with van der Waals surface area (Å²) in [4.78, 5) is 18.4. The molecule has 2 aliphatic heterocycles. The predicted octanol–water partition coefficient (Wildman–Crippen LogP) is 3.47. The Morgan fingerprint density at radius 1 is 1.31 bits per heavy atom. The minimum Gasteiger partial charge on any atom is -0.403 e. The molecule has 2 aromatic rings. The Hall–Kier alpha value is -2.17. The summed E-state index contributed by atoms with van der Waals surface area (Å²) < 4.78 is 10.8. The Kier molecular flexibility index (Phi) is 7.55. The number of aromatic nitrogens is 2. The van der Waals surface area contributed by atoms with Crippen molar-refractivity contribution < 1.29 is 9.47 Å². The number of benzene rings is 1. The number of nitrogens with one attached hydrogen (secondary N) is 1. The molecule has 0 spiro atoms. The van der Waals surface area contributed by atoms with Crippen LogP contribution in [-0.4, -0.2) is 84.7 Å². The van der Waals surface area contributed by atoms with Crippen molar-refractivity contribution in [3.05, 3.63) is 35.2 Å². The third-order valence-corrected chi connectivity index (χ3v) is 8.13. The van der Waals surface area contributed by atoms with Gasteiger partial charge in [-0.3, -0.25) is 9.89 Å². The van der Waals surface area contributed by atoms with Gasteiger partial charge in [0.1, 0.15) is 5.17 Å². The molecule has 3 fully saturated rings. The zero-order valence-corrected chi connectivity index (χ0v) is 22.2. The van der Waals surface area contributed by atoms with E-state index >= 15 is 0 Å². The highest BCUT2D eigenvalue weighted by atomic mass is 35.5. The van der Waals surface area contributed by atoms with Crippen LogP contribution in [0, 0.1) is 5.92 Å². The zero-order valence-electron chi connectivity index (χ0n) is 20.7. The van der Waals surface area contributed by atoms with E-state index in [-0.39, 0.29) is 5.54 Å². The molecule has 3 aliphatic rings. The lowest BCUT2D eigenvalue weighted by Gasteiger charge is -2.50. The summed E-state index contributed by atoms with van der Waals surface area (Å²) >= 11 is 13.1. The molecular formula is C25H33Cl2N7O2. The average Bonchev–Trinajstić information content (AvgIpc) is 2.84. The Bertz CT molecular complexity index is 1160. The summed E-state index contributed by atoms with van der Waals surface area (Å²) in [7, 11) is 1.74. The minimum absolute atomic E-state index is 0.163. The second kappa shape index (κ2) is 10.7. The number of hydrogen-bond acceptors (Lipinski definition) is 9. The standard InChI is InChI=1S/C25H33Cl2N7O2/c1-25(14-36-15-25)34-5-3-33(4-6-34)22-10-20-17(9-19(22)26)13-30-24(31-20)32-21(11-28)23(27)29-12-16-7-18(8-16)35-2/h9-11,13,16,18H,3-8,12,14-15,28H2,1-2H3,(H,30,31,32)/b21-11+,29-23?. The number of nitrogens with two attached hydrogens (primary N) is 1.